The van der Waals surface area contributed by atoms with E-state index in [1.54, 1.807) is 0 Å². The van der Waals surface area contributed by atoms with Crippen LogP contribution in [0.1, 0.15) is 97.8 Å². The van der Waals surface area contributed by atoms with Crippen LogP contribution in [0.5, 0.6) is 5.75 Å². The first kappa shape index (κ1) is 26.4. The first-order valence-corrected chi connectivity index (χ1v) is 12.2. The molecule has 0 heterocycles. The number of aliphatic carboxylic acids is 1. The van der Waals surface area contributed by atoms with Crippen molar-refractivity contribution < 1.29 is 14.6 Å². The van der Waals surface area contributed by atoms with E-state index >= 15 is 0 Å². The Morgan fingerprint density at radius 2 is 1.63 bits per heavy atom. The summed E-state index contributed by atoms with van der Waals surface area (Å²) in [4.78, 5) is 13.9. The monoisotopic (exact) mass is 435 g/mol. The molecule has 0 aliphatic rings. The van der Waals surface area contributed by atoms with Crippen molar-refractivity contribution in [2.24, 2.45) is 0 Å². The molecule has 4 nitrogen and oxygen atoms in total. The molecule has 1 N–H and O–H groups in total. The van der Waals surface area contributed by atoms with Crippen molar-refractivity contribution in [3.63, 3.8) is 0 Å². The number of rotatable bonds is 17. The Balaban J connectivity index is 2.64. The molecule has 0 saturated heterocycles. The Hall–Kier alpha value is -1.62. The molecule has 1 aromatic rings. The van der Waals surface area contributed by atoms with Crippen molar-refractivity contribution in [1.29, 1.82) is 0 Å². The van der Waals surface area contributed by atoms with Crippen molar-refractivity contribution >= 4 is 28.9 Å². The molecule has 0 saturated carbocycles. The number of unbranched alkanes of at least 4 members (excludes halogenated alkanes) is 7. The molecule has 1 aromatic carbocycles. The summed E-state index contributed by atoms with van der Waals surface area (Å²) in [5.41, 5.74) is 0.992. The molecule has 0 fully saturated rings. The maximum absolute atomic E-state index is 10.7. The van der Waals surface area contributed by atoms with E-state index in [2.05, 4.69) is 31.7 Å². The first-order valence-electron chi connectivity index (χ1n) is 11.8. The second-order valence-corrected chi connectivity index (χ2v) is 8.53. The van der Waals surface area contributed by atoms with Crippen molar-refractivity contribution in [2.45, 2.75) is 104 Å². The number of nitrogens with zero attached hydrogens (tertiary/aromatic N) is 1. The number of carboxylic acids is 1. The molecule has 30 heavy (non-hydrogen) atoms. The zero-order valence-electron chi connectivity index (χ0n) is 19.2. The van der Waals surface area contributed by atoms with Gasteiger partial charge in [-0.1, -0.05) is 83.1 Å². The molecular weight excluding hydrogens is 394 g/mol. The predicted octanol–water partition coefficient (Wildman–Crippen LogP) is 7.39. The minimum atomic E-state index is -0.792. The third kappa shape index (κ3) is 10.4. The molecule has 0 radical (unpaired) electrons. The van der Waals surface area contributed by atoms with Gasteiger partial charge < -0.3 is 14.7 Å². The van der Waals surface area contributed by atoms with E-state index in [1.165, 1.54) is 44.9 Å². The summed E-state index contributed by atoms with van der Waals surface area (Å²) < 4.78 is 5.94. The highest BCUT2D eigenvalue weighted by Gasteiger charge is 2.21. The molecule has 1 rings (SSSR count). The van der Waals surface area contributed by atoms with Gasteiger partial charge in [-0.3, -0.25) is 4.79 Å². The number of carboxylic acid groups (broad SMARTS) is 1. The molecule has 0 bridgehead atoms. The van der Waals surface area contributed by atoms with E-state index < -0.39 is 5.97 Å². The Morgan fingerprint density at radius 1 is 1.00 bits per heavy atom. The predicted molar refractivity (Wildman–Crippen MR) is 131 cm³/mol. The van der Waals surface area contributed by atoms with Gasteiger partial charge >= 0.3 is 5.97 Å². The number of benzene rings is 1. The molecule has 0 spiro atoms. The summed E-state index contributed by atoms with van der Waals surface area (Å²) in [7, 11) is 0. The largest absolute Gasteiger partial charge is 0.491 e. The van der Waals surface area contributed by atoms with Gasteiger partial charge in [-0.05, 0) is 44.7 Å². The van der Waals surface area contributed by atoms with Crippen molar-refractivity contribution in [3.05, 3.63) is 24.3 Å². The number of para-hydroxylation sites is 2. The average Bonchev–Trinajstić information content (AvgIpc) is 2.74. The normalized spacial score (nSPS) is 11.8. The van der Waals surface area contributed by atoms with Crippen molar-refractivity contribution in [1.82, 2.24) is 0 Å². The highest BCUT2D eigenvalue weighted by atomic mass is 32.1. The average molecular weight is 436 g/mol. The SMILES string of the molecule is CCCCCCCCCCC(=S)N(c1ccccc1OCCCC(=O)O)C(C)CC. The fraction of sp³-hybridized carbons (Fsp3) is 0.680. The minimum Gasteiger partial charge on any atom is -0.491 e. The first-order chi connectivity index (χ1) is 14.5. The topological polar surface area (TPSA) is 49.8 Å². The van der Waals surface area contributed by atoms with Crippen LogP contribution in [0.4, 0.5) is 5.69 Å². The molecule has 0 aliphatic carbocycles. The van der Waals surface area contributed by atoms with E-state index in [-0.39, 0.29) is 12.5 Å². The van der Waals surface area contributed by atoms with Crippen LogP contribution < -0.4 is 9.64 Å². The van der Waals surface area contributed by atoms with Crippen molar-refractivity contribution in [3.8, 4) is 5.75 Å². The van der Waals surface area contributed by atoms with Gasteiger partial charge in [0.05, 0.1) is 17.3 Å². The summed E-state index contributed by atoms with van der Waals surface area (Å²) in [6, 6.07) is 8.25. The lowest BCUT2D eigenvalue weighted by atomic mass is 10.1. The van der Waals surface area contributed by atoms with Crippen LogP contribution in [0, 0.1) is 0 Å². The number of ether oxygens (including phenoxy) is 1. The summed E-state index contributed by atoms with van der Waals surface area (Å²) >= 11 is 5.86. The van der Waals surface area contributed by atoms with E-state index in [4.69, 9.17) is 22.1 Å². The Bertz CT molecular complexity index is 620. The molecular formula is C25H41NO3S. The van der Waals surface area contributed by atoms with Crippen LogP contribution in [0.3, 0.4) is 0 Å². The molecule has 170 valence electrons. The Kier molecular flexibility index (Phi) is 14.2. The van der Waals surface area contributed by atoms with Crippen molar-refractivity contribution in [2.75, 3.05) is 11.5 Å². The highest BCUT2D eigenvalue weighted by Crippen LogP contribution is 2.32. The quantitative estimate of drug-likeness (QED) is 0.204. The van der Waals surface area contributed by atoms with Crippen LogP contribution in [-0.4, -0.2) is 28.7 Å². The number of thiocarbonyl (C=S) groups is 1. The van der Waals surface area contributed by atoms with Gasteiger partial charge in [0, 0.05) is 12.5 Å². The van der Waals surface area contributed by atoms with Gasteiger partial charge in [-0.2, -0.15) is 0 Å². The summed E-state index contributed by atoms with van der Waals surface area (Å²) in [5.74, 6) is -0.0129. The van der Waals surface area contributed by atoms with E-state index in [9.17, 15) is 4.79 Å². The number of carbonyl (C=O) groups is 1. The molecule has 0 amide bonds. The zero-order chi connectivity index (χ0) is 22.2. The van der Waals surface area contributed by atoms with Crippen LogP contribution in [0.15, 0.2) is 24.3 Å². The van der Waals surface area contributed by atoms with E-state index in [0.29, 0.717) is 13.0 Å². The lowest BCUT2D eigenvalue weighted by Gasteiger charge is -2.32. The van der Waals surface area contributed by atoms with E-state index in [1.807, 2.05) is 18.2 Å². The maximum Gasteiger partial charge on any atom is 0.303 e. The third-order valence-corrected chi connectivity index (χ3v) is 5.86. The van der Waals surface area contributed by atoms with Gasteiger partial charge in [0.15, 0.2) is 0 Å². The van der Waals surface area contributed by atoms with Crippen LogP contribution in [-0.2, 0) is 4.79 Å². The van der Waals surface area contributed by atoms with E-state index in [0.717, 1.165) is 35.7 Å². The minimum absolute atomic E-state index is 0.119. The number of hydrogen-bond donors (Lipinski definition) is 1. The van der Waals surface area contributed by atoms with Gasteiger partial charge in [0.2, 0.25) is 0 Å². The molecule has 5 heteroatoms. The maximum atomic E-state index is 10.7. The number of anilines is 1. The fourth-order valence-electron chi connectivity index (χ4n) is 3.51. The van der Waals surface area contributed by atoms with Crippen LogP contribution >= 0.6 is 12.2 Å². The third-order valence-electron chi connectivity index (χ3n) is 5.46. The van der Waals surface area contributed by atoms with Crippen LogP contribution in [0.25, 0.3) is 0 Å². The smallest absolute Gasteiger partial charge is 0.303 e. The molecule has 0 aromatic heterocycles. The second-order valence-electron chi connectivity index (χ2n) is 8.06. The molecule has 1 atom stereocenters. The van der Waals surface area contributed by atoms with Crippen LogP contribution in [0.2, 0.25) is 0 Å². The lowest BCUT2D eigenvalue weighted by molar-refractivity contribution is -0.137. The van der Waals surface area contributed by atoms with Gasteiger partial charge in [-0.15, -0.1) is 0 Å². The van der Waals surface area contributed by atoms with Gasteiger partial charge in [-0.25, -0.2) is 0 Å². The lowest BCUT2D eigenvalue weighted by Crippen LogP contribution is -2.37. The molecule has 1 unspecified atom stereocenters. The molecule has 0 aliphatic heterocycles. The Labute approximate surface area is 189 Å². The summed E-state index contributed by atoms with van der Waals surface area (Å²) in [5, 5.41) is 8.82. The summed E-state index contributed by atoms with van der Waals surface area (Å²) in [6.07, 6.45) is 12.9. The highest BCUT2D eigenvalue weighted by molar-refractivity contribution is 7.80. The standard InChI is InChI=1S/C25H41NO3S/c1-4-6-7-8-9-10-11-12-18-24(30)26(21(3)5-2)22-16-13-14-17-23(22)29-20-15-19-25(27)28/h13-14,16-17,21H,4-12,15,18-20H2,1-3H3,(H,27,28). The van der Waals surface area contributed by atoms with Gasteiger partial charge in [0.25, 0.3) is 0 Å². The van der Waals surface area contributed by atoms with Gasteiger partial charge in [0.1, 0.15) is 5.75 Å². The Morgan fingerprint density at radius 3 is 2.27 bits per heavy atom. The number of hydrogen-bond acceptors (Lipinski definition) is 3. The summed E-state index contributed by atoms with van der Waals surface area (Å²) in [6.45, 7) is 7.01. The fourth-order valence-corrected chi connectivity index (χ4v) is 3.94. The zero-order valence-corrected chi connectivity index (χ0v) is 20.0. The second kappa shape index (κ2) is 16.1.